The highest BCUT2D eigenvalue weighted by Gasteiger charge is 2.28. The molecule has 6 aliphatic heterocycles. The van der Waals surface area contributed by atoms with Crippen LogP contribution in [0.5, 0.6) is 0 Å². The maximum Gasteiger partial charge on any atom is 0.337 e. The fourth-order valence-electron chi connectivity index (χ4n) is 14.5. The third-order valence-corrected chi connectivity index (χ3v) is 22.2. The maximum atomic E-state index is 11.8. The zero-order valence-corrected chi connectivity index (χ0v) is 63.9. The molecule has 0 spiro atoms. The minimum absolute atomic E-state index is 0.225. The minimum Gasteiger partial charge on any atom is -0.465 e. The average Bonchev–Trinajstić information content (AvgIpc) is 1.67. The Hall–Kier alpha value is -9.03. The summed E-state index contributed by atoms with van der Waals surface area (Å²) in [7, 11) is 1.37. The number of nitrogens with zero attached hydrogens (tertiary/aromatic N) is 17. The molecular formula is C73H90Br3N27O3. The predicted molar refractivity (Wildman–Crippen MR) is 423 cm³/mol. The number of piperidine rings is 4. The molecule has 16 heterocycles. The Labute approximate surface area is 637 Å². The molecule has 30 nitrogen and oxygen atoms in total. The van der Waals surface area contributed by atoms with Gasteiger partial charge in [0, 0.05) is 130 Å². The van der Waals surface area contributed by atoms with Gasteiger partial charge in [-0.3, -0.25) is 4.90 Å². The van der Waals surface area contributed by atoms with Crippen molar-refractivity contribution >= 4 is 117 Å². The van der Waals surface area contributed by atoms with Crippen LogP contribution in [0, 0.1) is 0 Å². The molecular weight excluding hydrogens is 1540 g/mol. The van der Waals surface area contributed by atoms with E-state index in [0.29, 0.717) is 64.0 Å². The summed E-state index contributed by atoms with van der Waals surface area (Å²) < 4.78 is 21.2. The highest BCUT2D eigenvalue weighted by Crippen LogP contribution is 2.36. The standard InChI is InChI=1S/C19H21N5O2.C17H19N5.C16H24N6O.C11H13Br2N5.C10H13BrN6/c1-26-19(25)13-5-2-4-12(8-13)15-11-22-24-17(20)9-16(23-18(15)24)14-6-3-7-21-10-14;18-16-9-15(13-7-4-8-19-10-13)21-17-14(11-20-22(16)17)12-5-2-1-3-6-12;17-15-8-14(12-2-1-3-18-9-12)20-16-13(10-19-22(15)16)11-21-4-6-23-7-5-21;12-7-5-16-18-10(14)8(13)9(17-11(7)18)6-2-1-3-15-4-6;11-7-4-14-17-8(13)3-9(15-10(7)17)16-2-1-6(12)5-16/h2,4-5,8-9,11,14,21H,3,6-7,10,20H2,1H3;1-3,5-6,9,11,13,19H,4,7-8,10,18H2;8,10,12,18H,1-7,9,11,17H2;5-6,15H,1-4,14H2;3-4,6H,1-2,5,12-13H2/t;;;;6-/m....1/s1. The van der Waals surface area contributed by atoms with E-state index in [1.807, 2.05) is 67.0 Å². The van der Waals surface area contributed by atoms with Gasteiger partial charge < -0.3 is 70.0 Å². The molecule has 106 heavy (non-hydrogen) atoms. The molecule has 6 saturated heterocycles. The number of anilines is 6. The summed E-state index contributed by atoms with van der Waals surface area (Å²) in [5, 5.41) is 35.2. The number of hydrogen-bond acceptors (Lipinski definition) is 25. The first-order chi connectivity index (χ1) is 51.6. The lowest BCUT2D eigenvalue weighted by Gasteiger charge is -2.26. The lowest BCUT2D eigenvalue weighted by Crippen LogP contribution is -2.35. The van der Waals surface area contributed by atoms with Crippen LogP contribution in [0.4, 0.5) is 34.9 Å². The lowest BCUT2D eigenvalue weighted by atomic mass is 9.96. The molecule has 18 rings (SSSR count). The number of hydrogen-bond donors (Lipinski definition) is 10. The van der Waals surface area contributed by atoms with Crippen molar-refractivity contribution in [3.8, 4) is 22.3 Å². The molecule has 4 unspecified atom stereocenters. The smallest absolute Gasteiger partial charge is 0.337 e. The molecule has 10 aromatic heterocycles. The minimum atomic E-state index is -0.371. The maximum absolute atomic E-state index is 11.8. The van der Waals surface area contributed by atoms with Gasteiger partial charge in [-0.25, -0.2) is 29.7 Å². The van der Waals surface area contributed by atoms with E-state index in [1.165, 1.54) is 32.8 Å². The van der Waals surface area contributed by atoms with Crippen LogP contribution >= 0.6 is 47.8 Å². The number of morpholine rings is 1. The summed E-state index contributed by atoms with van der Waals surface area (Å²) in [6, 6.07) is 25.4. The molecule has 0 amide bonds. The van der Waals surface area contributed by atoms with E-state index >= 15 is 0 Å². The molecule has 0 bridgehead atoms. The van der Waals surface area contributed by atoms with E-state index in [-0.39, 0.29) is 12.0 Å². The first-order valence-corrected chi connectivity index (χ1v) is 38.6. The Morgan fingerprint density at radius 3 is 1.54 bits per heavy atom. The molecule has 6 fully saturated rings. The van der Waals surface area contributed by atoms with Crippen LogP contribution in [0.3, 0.4) is 0 Å². The quantitative estimate of drug-likeness (QED) is 0.0576. The summed E-state index contributed by atoms with van der Waals surface area (Å²) in [4.78, 5) is 40.3. The topological polar surface area (TPSA) is 397 Å². The summed E-state index contributed by atoms with van der Waals surface area (Å²) in [5.74, 6) is 5.18. The number of rotatable bonds is 10. The Morgan fingerprint density at radius 1 is 0.519 bits per heavy atom. The van der Waals surface area contributed by atoms with E-state index in [9.17, 15) is 4.79 Å². The second-order valence-electron chi connectivity index (χ2n) is 27.5. The van der Waals surface area contributed by atoms with Gasteiger partial charge >= 0.3 is 5.97 Å². The molecule has 0 aliphatic carbocycles. The van der Waals surface area contributed by atoms with Crippen molar-refractivity contribution in [1.29, 1.82) is 0 Å². The number of carbonyl (C=O) groups excluding carboxylic acids is 1. The number of carbonyl (C=O) groups is 1. The van der Waals surface area contributed by atoms with Crippen molar-refractivity contribution in [1.82, 2.24) is 99.2 Å². The van der Waals surface area contributed by atoms with Crippen LogP contribution in [0.1, 0.15) is 120 Å². The molecule has 556 valence electrons. The summed E-state index contributed by atoms with van der Waals surface area (Å²) in [6.07, 6.45) is 19.1. The molecule has 2 aromatic carbocycles. The highest BCUT2D eigenvalue weighted by molar-refractivity contribution is 9.11. The van der Waals surface area contributed by atoms with Crippen molar-refractivity contribution in [3.05, 3.63) is 157 Å². The average molecular weight is 1630 g/mol. The number of ether oxygens (including phenoxy) is 2. The fraction of sp³-hybridized carbons (Fsp3) is 0.411. The molecule has 12 aromatic rings. The lowest BCUT2D eigenvalue weighted by molar-refractivity contribution is 0.0343. The van der Waals surface area contributed by atoms with E-state index < -0.39 is 0 Å². The first-order valence-electron chi connectivity index (χ1n) is 36.2. The van der Waals surface area contributed by atoms with Gasteiger partial charge in [-0.2, -0.15) is 48.1 Å². The van der Waals surface area contributed by atoms with Crippen molar-refractivity contribution < 1.29 is 14.3 Å². The van der Waals surface area contributed by atoms with E-state index in [1.54, 1.807) is 53.3 Å². The van der Waals surface area contributed by atoms with Gasteiger partial charge in [-0.15, -0.1) is 0 Å². The zero-order chi connectivity index (χ0) is 73.4. The van der Waals surface area contributed by atoms with Crippen molar-refractivity contribution in [2.75, 3.05) is 132 Å². The first kappa shape index (κ1) is 73.9. The number of methoxy groups -OCH3 is 1. The van der Waals surface area contributed by atoms with E-state index in [2.05, 4.69) is 121 Å². The molecule has 0 saturated carbocycles. The number of benzene rings is 2. The second kappa shape index (κ2) is 33.8. The molecule has 33 heteroatoms. The number of fused-ring (bicyclic) bond motifs is 5. The third kappa shape index (κ3) is 16.6. The van der Waals surface area contributed by atoms with Gasteiger partial charge in [0.05, 0.1) is 93.1 Å². The van der Waals surface area contributed by atoms with Crippen LogP contribution in [0.2, 0.25) is 0 Å². The summed E-state index contributed by atoms with van der Waals surface area (Å²) >= 11 is 10.4. The molecule has 16 N–H and O–H groups in total. The Morgan fingerprint density at radius 2 is 1.00 bits per heavy atom. The van der Waals surface area contributed by atoms with E-state index in [4.69, 9.17) is 63.8 Å². The Kier molecular flexibility index (Phi) is 23.6. The second-order valence-corrected chi connectivity index (χ2v) is 30.0. The molecule has 5 atom stereocenters. The number of nitrogens with two attached hydrogens (primary N) is 6. The number of esters is 1. The number of nitrogen functional groups attached to an aromatic ring is 5. The SMILES string of the molecule is COC(=O)c1cccc(-c2cnn3c(N)cc(C4CCCNC4)nc23)c1.Nc1c(Br)c(C2CCCNC2)nc2c(Br)cnn12.Nc1cc(C2CCCNC2)nc2c(-c3ccccc3)cnn12.Nc1cc(C2CCCNC2)nc2c(CN3CCOCC3)cnn12.Nc1cc(N2CC[C@@H](N)C2)nc2c(Br)cnn12. The van der Waals surface area contributed by atoms with Gasteiger partial charge in [0.2, 0.25) is 0 Å². The van der Waals surface area contributed by atoms with Gasteiger partial charge in [0.25, 0.3) is 0 Å². The molecule has 6 aliphatic rings. The summed E-state index contributed by atoms with van der Waals surface area (Å²) in [6.45, 7) is 14.3. The van der Waals surface area contributed by atoms with Crippen LogP contribution in [0.25, 0.3) is 50.5 Å². The van der Waals surface area contributed by atoms with Crippen molar-refractivity contribution in [2.24, 2.45) is 5.73 Å². The van der Waals surface area contributed by atoms with Crippen molar-refractivity contribution in [3.63, 3.8) is 0 Å². The third-order valence-electron chi connectivity index (χ3n) is 20.2. The normalized spacial score (nSPS) is 19.9. The van der Waals surface area contributed by atoms with Crippen molar-refractivity contribution in [2.45, 2.75) is 94.0 Å². The largest absolute Gasteiger partial charge is 0.465 e. The number of aromatic nitrogens is 15. The van der Waals surface area contributed by atoms with Crippen LogP contribution in [0.15, 0.2) is 123 Å². The highest BCUT2D eigenvalue weighted by atomic mass is 79.9. The van der Waals surface area contributed by atoms with Gasteiger partial charge in [-0.1, -0.05) is 42.5 Å². The van der Waals surface area contributed by atoms with Gasteiger partial charge in [-0.05, 0) is 155 Å². The Balaban J connectivity index is 0.000000112. The Bertz CT molecular complexity index is 5010. The summed E-state index contributed by atoms with van der Waals surface area (Å²) in [5.41, 5.74) is 50.2. The van der Waals surface area contributed by atoms with Crippen LogP contribution in [-0.4, -0.2) is 189 Å². The number of nitrogens with one attached hydrogen (secondary N) is 4. The zero-order valence-electron chi connectivity index (χ0n) is 59.2. The van der Waals surface area contributed by atoms with Crippen LogP contribution < -0.4 is 60.6 Å². The van der Waals surface area contributed by atoms with Gasteiger partial charge in [0.15, 0.2) is 28.2 Å². The van der Waals surface area contributed by atoms with E-state index in [0.717, 1.165) is 223 Å². The number of halogens is 3. The van der Waals surface area contributed by atoms with Crippen LogP contribution in [-0.2, 0) is 16.0 Å². The molecule has 0 radical (unpaired) electrons. The monoisotopic (exact) mass is 1630 g/mol. The van der Waals surface area contributed by atoms with Gasteiger partial charge in [0.1, 0.15) is 34.9 Å². The fourth-order valence-corrected chi connectivity index (χ4v) is 15.8. The predicted octanol–water partition coefficient (Wildman–Crippen LogP) is 8.20.